The lowest BCUT2D eigenvalue weighted by atomic mass is 10.1. The molecule has 0 spiro atoms. The molecule has 0 atom stereocenters. The number of halogens is 1. The van der Waals surface area contributed by atoms with Gasteiger partial charge in [0.2, 0.25) is 0 Å². The smallest absolute Gasteiger partial charge is 0.294 e. The van der Waals surface area contributed by atoms with Crippen molar-refractivity contribution < 1.29 is 4.79 Å². The van der Waals surface area contributed by atoms with Crippen LogP contribution in [0.1, 0.15) is 16.1 Å². The molecule has 0 aliphatic heterocycles. The number of H-pyrrole nitrogens is 1. The SMILES string of the molecule is Cc1c(C(=O)n2cccn2)[nH]c2ccc(Br)cc12. The number of rotatable bonds is 1. The minimum Gasteiger partial charge on any atom is -0.350 e. The summed E-state index contributed by atoms with van der Waals surface area (Å²) < 4.78 is 2.32. The topological polar surface area (TPSA) is 50.7 Å². The maximum atomic E-state index is 12.2. The normalized spacial score (nSPS) is 11.0. The fourth-order valence-corrected chi connectivity index (χ4v) is 2.38. The summed E-state index contributed by atoms with van der Waals surface area (Å²) in [4.78, 5) is 15.4. The van der Waals surface area contributed by atoms with Crippen LogP contribution in [-0.2, 0) is 0 Å². The van der Waals surface area contributed by atoms with Crippen LogP contribution in [-0.4, -0.2) is 20.7 Å². The third-order valence-corrected chi connectivity index (χ3v) is 3.44. The maximum absolute atomic E-state index is 12.2. The Kier molecular flexibility index (Phi) is 2.56. The van der Waals surface area contributed by atoms with E-state index < -0.39 is 0 Å². The third kappa shape index (κ3) is 1.67. The molecule has 1 aromatic carbocycles. The first-order valence-corrected chi connectivity index (χ1v) is 6.28. The molecule has 90 valence electrons. The van der Waals surface area contributed by atoms with Gasteiger partial charge in [-0.25, -0.2) is 4.68 Å². The van der Waals surface area contributed by atoms with Gasteiger partial charge in [-0.2, -0.15) is 5.10 Å². The summed E-state index contributed by atoms with van der Waals surface area (Å²) in [6, 6.07) is 7.63. The number of aromatic nitrogens is 3. The highest BCUT2D eigenvalue weighted by molar-refractivity contribution is 9.10. The van der Waals surface area contributed by atoms with Gasteiger partial charge in [0.25, 0.3) is 5.91 Å². The van der Waals surface area contributed by atoms with Gasteiger partial charge >= 0.3 is 0 Å². The Hall–Kier alpha value is -1.88. The summed E-state index contributed by atoms with van der Waals surface area (Å²) >= 11 is 3.44. The summed E-state index contributed by atoms with van der Waals surface area (Å²) in [7, 11) is 0. The first-order valence-electron chi connectivity index (χ1n) is 5.49. The quantitative estimate of drug-likeness (QED) is 0.751. The Labute approximate surface area is 112 Å². The highest BCUT2D eigenvalue weighted by Crippen LogP contribution is 2.25. The van der Waals surface area contributed by atoms with Crippen molar-refractivity contribution in [3.8, 4) is 0 Å². The second-order valence-electron chi connectivity index (χ2n) is 4.07. The van der Waals surface area contributed by atoms with E-state index in [0.29, 0.717) is 5.69 Å². The minimum atomic E-state index is -0.148. The van der Waals surface area contributed by atoms with Crippen molar-refractivity contribution in [3.05, 3.63) is 52.4 Å². The fourth-order valence-electron chi connectivity index (χ4n) is 2.02. The summed E-state index contributed by atoms with van der Waals surface area (Å²) in [5.41, 5.74) is 2.46. The summed E-state index contributed by atoms with van der Waals surface area (Å²) in [5.74, 6) is -0.148. The second-order valence-corrected chi connectivity index (χ2v) is 4.99. The van der Waals surface area contributed by atoms with Crippen molar-refractivity contribution in [1.29, 1.82) is 0 Å². The highest BCUT2D eigenvalue weighted by atomic mass is 79.9. The number of carbonyl (C=O) groups is 1. The number of nitrogens with one attached hydrogen (secondary N) is 1. The first-order chi connectivity index (χ1) is 8.66. The molecule has 0 radical (unpaired) electrons. The van der Waals surface area contributed by atoms with Crippen LogP contribution in [0.2, 0.25) is 0 Å². The first kappa shape index (κ1) is 11.2. The molecular formula is C13H10BrN3O. The molecule has 0 saturated heterocycles. The highest BCUT2D eigenvalue weighted by Gasteiger charge is 2.16. The third-order valence-electron chi connectivity index (χ3n) is 2.95. The molecule has 3 rings (SSSR count). The van der Waals surface area contributed by atoms with E-state index in [1.165, 1.54) is 4.68 Å². The van der Waals surface area contributed by atoms with Crippen molar-refractivity contribution in [2.75, 3.05) is 0 Å². The van der Waals surface area contributed by atoms with Crippen molar-refractivity contribution in [1.82, 2.24) is 14.8 Å². The molecule has 0 aliphatic carbocycles. The lowest BCUT2D eigenvalue weighted by Gasteiger charge is -1.98. The van der Waals surface area contributed by atoms with Crippen molar-refractivity contribution in [2.24, 2.45) is 0 Å². The Morgan fingerprint density at radius 3 is 3.00 bits per heavy atom. The van der Waals surface area contributed by atoms with Crippen LogP contribution in [0, 0.1) is 6.92 Å². The molecule has 5 heteroatoms. The number of hydrogen-bond acceptors (Lipinski definition) is 2. The number of fused-ring (bicyclic) bond motifs is 1. The Bertz CT molecular complexity index is 728. The molecule has 0 fully saturated rings. The molecule has 4 nitrogen and oxygen atoms in total. The van der Waals surface area contributed by atoms with E-state index in [0.717, 1.165) is 20.9 Å². The van der Waals surface area contributed by atoms with Crippen LogP contribution in [0.25, 0.3) is 10.9 Å². The minimum absolute atomic E-state index is 0.148. The van der Waals surface area contributed by atoms with Gasteiger partial charge in [0.05, 0.1) is 0 Å². The van der Waals surface area contributed by atoms with Crippen LogP contribution in [0.15, 0.2) is 41.1 Å². The zero-order valence-corrected chi connectivity index (χ0v) is 11.2. The molecule has 3 aromatic rings. The summed E-state index contributed by atoms with van der Waals surface area (Å²) in [5, 5.41) is 5.00. The van der Waals surface area contributed by atoms with Crippen molar-refractivity contribution >= 4 is 32.7 Å². The molecule has 0 bridgehead atoms. The van der Waals surface area contributed by atoms with Gasteiger partial charge in [-0.15, -0.1) is 0 Å². The van der Waals surface area contributed by atoms with Gasteiger partial charge < -0.3 is 4.98 Å². The number of benzene rings is 1. The molecule has 0 saturated carbocycles. The van der Waals surface area contributed by atoms with E-state index >= 15 is 0 Å². The van der Waals surface area contributed by atoms with Crippen LogP contribution < -0.4 is 0 Å². The number of aryl methyl sites for hydroxylation is 1. The van der Waals surface area contributed by atoms with Gasteiger partial charge in [0.15, 0.2) is 0 Å². The zero-order valence-electron chi connectivity index (χ0n) is 9.64. The molecule has 18 heavy (non-hydrogen) atoms. The maximum Gasteiger partial charge on any atom is 0.294 e. The van der Waals surface area contributed by atoms with Crippen LogP contribution in [0.5, 0.6) is 0 Å². The Morgan fingerprint density at radius 1 is 1.44 bits per heavy atom. The van der Waals surface area contributed by atoms with Gasteiger partial charge in [0, 0.05) is 27.8 Å². The monoisotopic (exact) mass is 303 g/mol. The van der Waals surface area contributed by atoms with Crippen LogP contribution in [0.3, 0.4) is 0 Å². The van der Waals surface area contributed by atoms with E-state index in [-0.39, 0.29) is 5.91 Å². The Morgan fingerprint density at radius 2 is 2.28 bits per heavy atom. The summed E-state index contributed by atoms with van der Waals surface area (Å²) in [6.07, 6.45) is 3.23. The predicted octanol–water partition coefficient (Wildman–Crippen LogP) is 3.12. The number of carbonyl (C=O) groups excluding carboxylic acids is 1. The largest absolute Gasteiger partial charge is 0.350 e. The average molecular weight is 304 g/mol. The van der Waals surface area contributed by atoms with E-state index in [4.69, 9.17) is 0 Å². The van der Waals surface area contributed by atoms with E-state index in [1.807, 2.05) is 25.1 Å². The number of nitrogens with zero attached hydrogens (tertiary/aromatic N) is 2. The van der Waals surface area contributed by atoms with Crippen molar-refractivity contribution in [3.63, 3.8) is 0 Å². The molecule has 2 aromatic heterocycles. The van der Waals surface area contributed by atoms with Gasteiger partial charge in [-0.05, 0) is 36.8 Å². The molecule has 1 N–H and O–H groups in total. The van der Waals surface area contributed by atoms with Gasteiger partial charge in [-0.3, -0.25) is 4.79 Å². The number of aromatic amines is 1. The second kappa shape index (κ2) is 4.10. The lowest BCUT2D eigenvalue weighted by molar-refractivity contribution is 0.0940. The van der Waals surface area contributed by atoms with E-state index in [2.05, 4.69) is 26.0 Å². The zero-order chi connectivity index (χ0) is 12.7. The molecule has 2 heterocycles. The molecule has 0 aliphatic rings. The molecule has 0 unspecified atom stereocenters. The fraction of sp³-hybridized carbons (Fsp3) is 0.0769. The van der Waals surface area contributed by atoms with Crippen LogP contribution in [0.4, 0.5) is 0 Å². The Balaban J connectivity index is 2.19. The van der Waals surface area contributed by atoms with Gasteiger partial charge in [0.1, 0.15) is 5.69 Å². The molecular weight excluding hydrogens is 294 g/mol. The number of hydrogen-bond donors (Lipinski definition) is 1. The van der Waals surface area contributed by atoms with Crippen LogP contribution >= 0.6 is 15.9 Å². The van der Waals surface area contributed by atoms with E-state index in [1.54, 1.807) is 18.5 Å². The predicted molar refractivity (Wildman–Crippen MR) is 72.7 cm³/mol. The van der Waals surface area contributed by atoms with Gasteiger partial charge in [-0.1, -0.05) is 15.9 Å². The lowest BCUT2D eigenvalue weighted by Crippen LogP contribution is -2.13. The summed E-state index contributed by atoms with van der Waals surface area (Å²) in [6.45, 7) is 1.93. The van der Waals surface area contributed by atoms with Crippen molar-refractivity contribution in [2.45, 2.75) is 6.92 Å². The standard InChI is InChI=1S/C13H10BrN3O/c1-8-10-7-9(14)3-4-11(10)16-12(8)13(18)17-6-2-5-15-17/h2-7,16H,1H3. The molecule has 0 amide bonds. The van der Waals surface area contributed by atoms with E-state index in [9.17, 15) is 4.79 Å². The average Bonchev–Trinajstić information content (AvgIpc) is 2.98.